The van der Waals surface area contributed by atoms with Crippen LogP contribution in [0.3, 0.4) is 0 Å². The average Bonchev–Trinajstić information content (AvgIpc) is 2.63. The van der Waals surface area contributed by atoms with Crippen molar-refractivity contribution in [2.24, 2.45) is 5.92 Å². The summed E-state index contributed by atoms with van der Waals surface area (Å²) in [7, 11) is -4.09. The van der Waals surface area contributed by atoms with Gasteiger partial charge in [-0.25, -0.2) is 0 Å². The first-order valence-electron chi connectivity index (χ1n) is 5.56. The fourth-order valence-electron chi connectivity index (χ4n) is 2.63. The summed E-state index contributed by atoms with van der Waals surface area (Å²) in [6, 6.07) is 6.77. The lowest BCUT2D eigenvalue weighted by molar-refractivity contribution is 0.475. The van der Waals surface area contributed by atoms with Crippen LogP contribution in [0.2, 0.25) is 0 Å². The first-order valence-corrected chi connectivity index (χ1v) is 7.00. The van der Waals surface area contributed by atoms with Gasteiger partial charge in [0, 0.05) is 0 Å². The molecule has 0 bridgehead atoms. The maximum absolute atomic E-state index is 11.3. The Morgan fingerprint density at radius 3 is 2.50 bits per heavy atom. The van der Waals surface area contributed by atoms with Gasteiger partial charge in [-0.3, -0.25) is 4.55 Å². The van der Waals surface area contributed by atoms with Gasteiger partial charge in [0.2, 0.25) is 0 Å². The minimum atomic E-state index is -4.09. The third kappa shape index (κ3) is 2.13. The molecule has 4 heteroatoms. The van der Waals surface area contributed by atoms with Gasteiger partial charge in [-0.05, 0) is 29.9 Å². The molecule has 0 heterocycles. The summed E-state index contributed by atoms with van der Waals surface area (Å²) in [5.41, 5.74) is 0.773. The molecule has 3 nitrogen and oxygen atoms in total. The van der Waals surface area contributed by atoms with E-state index in [4.69, 9.17) is 0 Å². The van der Waals surface area contributed by atoms with Crippen LogP contribution in [0.5, 0.6) is 0 Å². The van der Waals surface area contributed by atoms with E-state index in [0.717, 1.165) is 24.8 Å². The van der Waals surface area contributed by atoms with Gasteiger partial charge in [-0.15, -0.1) is 0 Å². The summed E-state index contributed by atoms with van der Waals surface area (Å²) in [6.45, 7) is 2.14. The molecule has 1 N–H and O–H groups in total. The van der Waals surface area contributed by atoms with E-state index in [1.165, 1.54) is 6.07 Å². The van der Waals surface area contributed by atoms with Gasteiger partial charge < -0.3 is 0 Å². The van der Waals surface area contributed by atoms with E-state index in [0.29, 0.717) is 5.92 Å². The van der Waals surface area contributed by atoms with E-state index in [1.54, 1.807) is 6.07 Å². The molecule has 1 saturated carbocycles. The van der Waals surface area contributed by atoms with E-state index < -0.39 is 10.1 Å². The molecule has 16 heavy (non-hydrogen) atoms. The second-order valence-electron chi connectivity index (χ2n) is 4.53. The Labute approximate surface area is 96.2 Å². The van der Waals surface area contributed by atoms with Crippen LogP contribution in [0, 0.1) is 5.92 Å². The van der Waals surface area contributed by atoms with Crippen molar-refractivity contribution < 1.29 is 13.0 Å². The Balaban J connectivity index is 2.48. The van der Waals surface area contributed by atoms with E-state index >= 15 is 0 Å². The lowest BCUT2D eigenvalue weighted by atomic mass is 9.90. The third-order valence-electron chi connectivity index (χ3n) is 3.46. The summed E-state index contributed by atoms with van der Waals surface area (Å²) >= 11 is 0. The van der Waals surface area contributed by atoms with Crippen molar-refractivity contribution >= 4 is 10.1 Å². The SMILES string of the molecule is CC1CCCC1c1ccccc1S(=O)(=O)O. The largest absolute Gasteiger partial charge is 0.294 e. The maximum Gasteiger partial charge on any atom is 0.294 e. The first-order chi connectivity index (χ1) is 7.50. The van der Waals surface area contributed by atoms with Crippen LogP contribution < -0.4 is 0 Å². The summed E-state index contributed by atoms with van der Waals surface area (Å²) in [5.74, 6) is 0.751. The average molecular weight is 240 g/mol. The predicted molar refractivity (Wildman–Crippen MR) is 62.0 cm³/mol. The Morgan fingerprint density at radius 1 is 1.25 bits per heavy atom. The molecule has 2 atom stereocenters. The highest BCUT2D eigenvalue weighted by Gasteiger charge is 2.29. The zero-order valence-electron chi connectivity index (χ0n) is 9.26. The highest BCUT2D eigenvalue weighted by atomic mass is 32.2. The molecule has 0 amide bonds. The quantitative estimate of drug-likeness (QED) is 0.809. The van der Waals surface area contributed by atoms with Crippen molar-refractivity contribution in [2.75, 3.05) is 0 Å². The molecule has 1 aromatic carbocycles. The molecule has 0 aliphatic heterocycles. The molecule has 0 spiro atoms. The highest BCUT2D eigenvalue weighted by Crippen LogP contribution is 2.41. The Kier molecular flexibility index (Phi) is 3.04. The second-order valence-corrected chi connectivity index (χ2v) is 5.92. The monoisotopic (exact) mass is 240 g/mol. The van der Waals surface area contributed by atoms with Crippen LogP contribution in [0.1, 0.15) is 37.7 Å². The van der Waals surface area contributed by atoms with Crippen molar-refractivity contribution in [3.05, 3.63) is 29.8 Å². The molecule has 0 aromatic heterocycles. The summed E-state index contributed by atoms with van der Waals surface area (Å²) < 4.78 is 31.7. The molecular weight excluding hydrogens is 224 g/mol. The predicted octanol–water partition coefficient (Wildman–Crippen LogP) is 2.84. The van der Waals surface area contributed by atoms with Crippen molar-refractivity contribution in [1.82, 2.24) is 0 Å². The van der Waals surface area contributed by atoms with Gasteiger partial charge in [0.25, 0.3) is 10.1 Å². The zero-order chi connectivity index (χ0) is 11.8. The molecule has 1 aliphatic rings. The number of hydrogen-bond acceptors (Lipinski definition) is 2. The summed E-state index contributed by atoms with van der Waals surface area (Å²) in [6.07, 6.45) is 3.27. The normalized spacial score (nSPS) is 25.9. The first kappa shape index (κ1) is 11.6. The van der Waals surface area contributed by atoms with Gasteiger partial charge in [-0.2, -0.15) is 8.42 Å². The van der Waals surface area contributed by atoms with Crippen LogP contribution in [-0.2, 0) is 10.1 Å². The Bertz CT molecular complexity index is 479. The molecule has 1 aliphatic carbocycles. The third-order valence-corrected chi connectivity index (χ3v) is 4.39. The van der Waals surface area contributed by atoms with Crippen molar-refractivity contribution in [1.29, 1.82) is 0 Å². The van der Waals surface area contributed by atoms with Gasteiger partial charge in [0.15, 0.2) is 0 Å². The summed E-state index contributed by atoms with van der Waals surface area (Å²) in [5, 5.41) is 0. The van der Waals surface area contributed by atoms with Crippen molar-refractivity contribution in [3.8, 4) is 0 Å². The molecule has 0 saturated heterocycles. The van der Waals surface area contributed by atoms with Crippen LogP contribution in [0.25, 0.3) is 0 Å². The minimum Gasteiger partial charge on any atom is -0.282 e. The topological polar surface area (TPSA) is 54.4 Å². The maximum atomic E-state index is 11.3. The van der Waals surface area contributed by atoms with Crippen LogP contribution >= 0.6 is 0 Å². The van der Waals surface area contributed by atoms with Gasteiger partial charge in [-0.1, -0.05) is 38.0 Å². The van der Waals surface area contributed by atoms with Gasteiger partial charge >= 0.3 is 0 Å². The van der Waals surface area contributed by atoms with Crippen LogP contribution in [-0.4, -0.2) is 13.0 Å². The minimum absolute atomic E-state index is 0.0775. The zero-order valence-corrected chi connectivity index (χ0v) is 10.1. The number of benzene rings is 1. The Hall–Kier alpha value is -0.870. The molecule has 88 valence electrons. The van der Waals surface area contributed by atoms with Gasteiger partial charge in [0.1, 0.15) is 0 Å². The van der Waals surface area contributed by atoms with Crippen LogP contribution in [0.4, 0.5) is 0 Å². The molecular formula is C12H16O3S. The van der Waals surface area contributed by atoms with E-state index in [-0.39, 0.29) is 10.8 Å². The molecule has 1 aromatic rings. The standard InChI is InChI=1S/C12H16O3S/c1-9-5-4-7-10(9)11-6-2-3-8-12(11)16(13,14)15/h2-3,6,8-10H,4-5,7H2,1H3,(H,13,14,15). The lowest BCUT2D eigenvalue weighted by Gasteiger charge is -2.18. The molecule has 2 unspecified atom stereocenters. The van der Waals surface area contributed by atoms with Crippen molar-refractivity contribution in [3.63, 3.8) is 0 Å². The smallest absolute Gasteiger partial charge is 0.282 e. The number of rotatable bonds is 2. The van der Waals surface area contributed by atoms with E-state index in [9.17, 15) is 13.0 Å². The van der Waals surface area contributed by atoms with Crippen molar-refractivity contribution in [2.45, 2.75) is 37.0 Å². The molecule has 0 radical (unpaired) electrons. The molecule has 2 rings (SSSR count). The Morgan fingerprint density at radius 2 is 1.94 bits per heavy atom. The number of hydrogen-bond donors (Lipinski definition) is 1. The lowest BCUT2D eigenvalue weighted by Crippen LogP contribution is -2.09. The van der Waals surface area contributed by atoms with Gasteiger partial charge in [0.05, 0.1) is 4.90 Å². The van der Waals surface area contributed by atoms with E-state index in [2.05, 4.69) is 6.92 Å². The fourth-order valence-corrected chi connectivity index (χ4v) is 3.40. The van der Waals surface area contributed by atoms with E-state index in [1.807, 2.05) is 12.1 Å². The highest BCUT2D eigenvalue weighted by molar-refractivity contribution is 7.85. The second kappa shape index (κ2) is 4.18. The fraction of sp³-hybridized carbons (Fsp3) is 0.500. The molecule has 1 fully saturated rings. The van der Waals surface area contributed by atoms with Crippen LogP contribution in [0.15, 0.2) is 29.2 Å². The summed E-state index contributed by atoms with van der Waals surface area (Å²) in [4.78, 5) is 0.0775.